The van der Waals surface area contributed by atoms with E-state index in [2.05, 4.69) is 10.3 Å². The molecule has 0 aliphatic carbocycles. The van der Waals surface area contributed by atoms with Gasteiger partial charge in [-0.3, -0.25) is 0 Å². The van der Waals surface area contributed by atoms with Gasteiger partial charge in [-0.25, -0.2) is 9.78 Å². The van der Waals surface area contributed by atoms with Crippen molar-refractivity contribution in [2.75, 3.05) is 44.1 Å². The van der Waals surface area contributed by atoms with Gasteiger partial charge < -0.3 is 19.7 Å². The Balaban J connectivity index is 2.14. The van der Waals surface area contributed by atoms with Gasteiger partial charge in [-0.05, 0) is 25.5 Å². The third-order valence-electron chi connectivity index (χ3n) is 3.13. The van der Waals surface area contributed by atoms with Gasteiger partial charge in [0.1, 0.15) is 0 Å². The third-order valence-corrected chi connectivity index (χ3v) is 3.13. The second kappa shape index (κ2) is 6.56. The molecular weight excluding hydrogens is 258 g/mol. The number of ether oxygens (including phenoxy) is 2. The predicted molar refractivity (Wildman–Crippen MR) is 77.4 cm³/mol. The Labute approximate surface area is 119 Å². The van der Waals surface area contributed by atoms with Gasteiger partial charge in [0.15, 0.2) is 11.5 Å². The number of carbonyl (C=O) groups is 1. The first-order chi connectivity index (χ1) is 9.61. The summed E-state index contributed by atoms with van der Waals surface area (Å²) in [6, 6.07) is 3.54. The Morgan fingerprint density at radius 1 is 1.55 bits per heavy atom. The molecule has 0 unspecified atom stereocenters. The molecule has 1 fully saturated rings. The first kappa shape index (κ1) is 14.6. The fourth-order valence-electron chi connectivity index (χ4n) is 1.92. The molecule has 2 rings (SSSR count). The molecule has 0 amide bonds. The van der Waals surface area contributed by atoms with Gasteiger partial charge in [0.2, 0.25) is 0 Å². The number of hydrogen-bond acceptors (Lipinski definition) is 6. The van der Waals surface area contributed by atoms with Crippen LogP contribution in [0.2, 0.25) is 0 Å². The minimum Gasteiger partial charge on any atom is -0.461 e. The zero-order chi connectivity index (χ0) is 14.5. The number of pyridine rings is 1. The molecule has 1 saturated heterocycles. The highest BCUT2D eigenvalue weighted by Gasteiger charge is 2.19. The molecule has 20 heavy (non-hydrogen) atoms. The van der Waals surface area contributed by atoms with Gasteiger partial charge in [0, 0.05) is 27.2 Å². The van der Waals surface area contributed by atoms with Gasteiger partial charge in [-0.15, -0.1) is 0 Å². The lowest BCUT2D eigenvalue weighted by molar-refractivity contribution is -0.0410. The van der Waals surface area contributed by atoms with E-state index in [1.54, 1.807) is 13.0 Å². The molecule has 1 aliphatic rings. The van der Waals surface area contributed by atoms with Crippen LogP contribution in [0.4, 0.5) is 11.5 Å². The van der Waals surface area contributed by atoms with Crippen LogP contribution in [-0.2, 0) is 9.47 Å². The number of nitrogens with zero attached hydrogens (tertiary/aromatic N) is 2. The lowest BCUT2D eigenvalue weighted by atomic mass is 10.2. The molecule has 2 heterocycles. The van der Waals surface area contributed by atoms with Crippen molar-refractivity contribution in [3.8, 4) is 0 Å². The smallest absolute Gasteiger partial charge is 0.357 e. The first-order valence-corrected chi connectivity index (χ1v) is 6.82. The summed E-state index contributed by atoms with van der Waals surface area (Å²) in [5, 5.41) is 3.25. The maximum atomic E-state index is 11.7. The maximum Gasteiger partial charge on any atom is 0.357 e. The fourth-order valence-corrected chi connectivity index (χ4v) is 1.92. The molecule has 6 nitrogen and oxygen atoms in total. The third kappa shape index (κ3) is 3.39. The van der Waals surface area contributed by atoms with E-state index in [0.717, 1.165) is 18.7 Å². The van der Waals surface area contributed by atoms with E-state index in [0.29, 0.717) is 24.7 Å². The Kier molecular flexibility index (Phi) is 4.79. The molecule has 1 aromatic heterocycles. The van der Waals surface area contributed by atoms with Crippen LogP contribution >= 0.6 is 0 Å². The van der Waals surface area contributed by atoms with Gasteiger partial charge in [-0.2, -0.15) is 0 Å². The highest BCUT2D eigenvalue weighted by Crippen LogP contribution is 2.23. The number of nitrogens with one attached hydrogen (secondary N) is 1. The van der Waals surface area contributed by atoms with Crippen molar-refractivity contribution in [2.24, 2.45) is 0 Å². The number of anilines is 2. The summed E-state index contributed by atoms with van der Waals surface area (Å²) in [6.45, 7) is 3.64. The molecule has 0 saturated carbocycles. The lowest BCUT2D eigenvalue weighted by Gasteiger charge is -2.27. The Morgan fingerprint density at radius 3 is 2.85 bits per heavy atom. The average molecular weight is 279 g/mol. The molecule has 6 heteroatoms. The monoisotopic (exact) mass is 279 g/mol. The molecule has 110 valence electrons. The number of aromatic nitrogens is 1. The second-order valence-electron chi connectivity index (χ2n) is 4.84. The Morgan fingerprint density at radius 2 is 2.30 bits per heavy atom. The highest BCUT2D eigenvalue weighted by atomic mass is 16.5. The van der Waals surface area contributed by atoms with Crippen LogP contribution in [0, 0.1) is 0 Å². The Hall–Kier alpha value is -1.82. The Bertz CT molecular complexity index is 473. The first-order valence-electron chi connectivity index (χ1n) is 6.82. The van der Waals surface area contributed by atoms with Crippen LogP contribution < -0.4 is 10.2 Å². The molecular formula is C14H21N3O3. The SMILES string of the molecule is CCOC(=O)c1ccc(N(C)C)c(NC[C@@H]2CCO2)n1. The maximum absolute atomic E-state index is 11.7. The average Bonchev–Trinajstić information content (AvgIpc) is 2.36. The van der Waals surface area contributed by atoms with E-state index in [-0.39, 0.29) is 6.10 Å². The normalized spacial score (nSPS) is 17.2. The summed E-state index contributed by atoms with van der Waals surface area (Å²) in [4.78, 5) is 18.0. The van der Waals surface area contributed by atoms with Crippen molar-refractivity contribution >= 4 is 17.5 Å². The summed E-state index contributed by atoms with van der Waals surface area (Å²) in [5.41, 5.74) is 1.24. The van der Waals surface area contributed by atoms with Crippen LogP contribution in [0.25, 0.3) is 0 Å². The van der Waals surface area contributed by atoms with E-state index >= 15 is 0 Å². The zero-order valence-corrected chi connectivity index (χ0v) is 12.2. The number of esters is 1. The van der Waals surface area contributed by atoms with E-state index in [4.69, 9.17) is 9.47 Å². The minimum absolute atomic E-state index is 0.234. The van der Waals surface area contributed by atoms with Crippen molar-refractivity contribution in [2.45, 2.75) is 19.4 Å². The highest BCUT2D eigenvalue weighted by molar-refractivity contribution is 5.88. The molecule has 1 N–H and O–H groups in total. The van der Waals surface area contributed by atoms with E-state index in [9.17, 15) is 4.79 Å². The van der Waals surface area contributed by atoms with E-state index in [1.807, 2.05) is 25.1 Å². The zero-order valence-electron chi connectivity index (χ0n) is 12.2. The largest absolute Gasteiger partial charge is 0.461 e. The standard InChI is InChI=1S/C14H21N3O3/c1-4-19-14(18)11-5-6-12(17(2)3)13(16-11)15-9-10-7-8-20-10/h5-6,10H,4,7-9H2,1-3H3,(H,15,16)/t10-/m0/s1. The molecule has 0 radical (unpaired) electrons. The predicted octanol–water partition coefficient (Wildman–Crippen LogP) is 1.53. The van der Waals surface area contributed by atoms with Crippen molar-refractivity contribution in [1.29, 1.82) is 0 Å². The van der Waals surface area contributed by atoms with Gasteiger partial charge >= 0.3 is 5.97 Å². The summed E-state index contributed by atoms with van der Waals surface area (Å²) < 4.78 is 10.3. The van der Waals surface area contributed by atoms with Crippen molar-refractivity contribution in [3.63, 3.8) is 0 Å². The van der Waals surface area contributed by atoms with Crippen molar-refractivity contribution < 1.29 is 14.3 Å². The molecule has 1 atom stereocenters. The van der Waals surface area contributed by atoms with Crippen LogP contribution in [0.5, 0.6) is 0 Å². The van der Waals surface area contributed by atoms with E-state index in [1.165, 1.54) is 0 Å². The second-order valence-corrected chi connectivity index (χ2v) is 4.84. The summed E-state index contributed by atoms with van der Waals surface area (Å²) >= 11 is 0. The molecule has 0 bridgehead atoms. The summed E-state index contributed by atoms with van der Waals surface area (Å²) in [6.07, 6.45) is 1.29. The molecule has 1 aliphatic heterocycles. The number of hydrogen-bond donors (Lipinski definition) is 1. The summed E-state index contributed by atoms with van der Waals surface area (Å²) in [5.74, 6) is 0.275. The molecule has 0 spiro atoms. The minimum atomic E-state index is -0.402. The number of carbonyl (C=O) groups excluding carboxylic acids is 1. The topological polar surface area (TPSA) is 63.7 Å². The van der Waals surface area contributed by atoms with Gasteiger partial charge in [0.05, 0.1) is 18.4 Å². The fraction of sp³-hybridized carbons (Fsp3) is 0.571. The lowest BCUT2D eigenvalue weighted by Crippen LogP contribution is -2.34. The van der Waals surface area contributed by atoms with Crippen molar-refractivity contribution in [3.05, 3.63) is 17.8 Å². The molecule has 1 aromatic rings. The molecule has 0 aromatic carbocycles. The van der Waals surface area contributed by atoms with Crippen molar-refractivity contribution in [1.82, 2.24) is 4.98 Å². The van der Waals surface area contributed by atoms with Crippen LogP contribution in [0.3, 0.4) is 0 Å². The van der Waals surface area contributed by atoms with Gasteiger partial charge in [0.25, 0.3) is 0 Å². The number of rotatable bonds is 6. The quantitative estimate of drug-likeness (QED) is 0.797. The van der Waals surface area contributed by atoms with Crippen LogP contribution in [0.15, 0.2) is 12.1 Å². The van der Waals surface area contributed by atoms with Gasteiger partial charge in [-0.1, -0.05) is 0 Å². The van der Waals surface area contributed by atoms with Crippen LogP contribution in [-0.4, -0.2) is 50.9 Å². The van der Waals surface area contributed by atoms with E-state index < -0.39 is 5.97 Å². The summed E-state index contributed by atoms with van der Waals surface area (Å²) in [7, 11) is 3.87. The van der Waals surface area contributed by atoms with Crippen LogP contribution in [0.1, 0.15) is 23.8 Å².